The van der Waals surface area contributed by atoms with E-state index in [1.54, 1.807) is 15.5 Å². The van der Waals surface area contributed by atoms with Crippen molar-refractivity contribution in [1.29, 1.82) is 0 Å². The van der Waals surface area contributed by atoms with Gasteiger partial charge in [0.1, 0.15) is 11.6 Å². The van der Waals surface area contributed by atoms with Crippen LogP contribution in [-0.4, -0.2) is 44.6 Å². The van der Waals surface area contributed by atoms with Crippen LogP contribution in [0.1, 0.15) is 12.2 Å². The Morgan fingerprint density at radius 1 is 1.26 bits per heavy atom. The number of anilines is 1. The zero-order chi connectivity index (χ0) is 19.2. The van der Waals surface area contributed by atoms with E-state index in [1.165, 1.54) is 24.5 Å². The van der Waals surface area contributed by atoms with Crippen LogP contribution in [0.5, 0.6) is 0 Å². The van der Waals surface area contributed by atoms with Crippen LogP contribution < -0.4 is 10.6 Å². The number of piperidine rings is 1. The quantitative estimate of drug-likeness (QED) is 0.737. The fourth-order valence-corrected chi connectivity index (χ4v) is 3.25. The monoisotopic (exact) mass is 396 g/mol. The molecule has 1 atom stereocenters. The highest BCUT2D eigenvalue weighted by atomic mass is 35.5. The molecule has 0 amide bonds. The van der Waals surface area contributed by atoms with Crippen molar-refractivity contribution >= 4 is 28.6 Å². The van der Waals surface area contributed by atoms with E-state index in [9.17, 15) is 13.2 Å². The van der Waals surface area contributed by atoms with Gasteiger partial charge in [-0.1, -0.05) is 11.6 Å². The first-order chi connectivity index (χ1) is 12.8. The number of hydrogen-bond donors (Lipinski definition) is 1. The van der Waals surface area contributed by atoms with Crippen molar-refractivity contribution in [3.05, 3.63) is 47.3 Å². The highest BCUT2D eigenvalue weighted by molar-refractivity contribution is 6.30. The van der Waals surface area contributed by atoms with E-state index >= 15 is 0 Å². The molecule has 6 nitrogen and oxygen atoms in total. The van der Waals surface area contributed by atoms with Crippen LogP contribution in [0.25, 0.3) is 11.0 Å². The van der Waals surface area contributed by atoms with Gasteiger partial charge in [-0.2, -0.15) is 0 Å². The number of nitrogens with zero attached hydrogens (tertiary/aromatic N) is 5. The highest BCUT2D eigenvalue weighted by Crippen LogP contribution is 2.31. The van der Waals surface area contributed by atoms with E-state index in [4.69, 9.17) is 17.3 Å². The second kappa shape index (κ2) is 6.65. The SMILES string of the molecule is N[C@@H]1CN(c2nc3ccc(F)cc3n2Cc2ncc(Cl)cn2)CCC1(F)F. The molecule has 1 fully saturated rings. The van der Waals surface area contributed by atoms with Crippen LogP contribution >= 0.6 is 11.6 Å². The van der Waals surface area contributed by atoms with Gasteiger partial charge in [0, 0.05) is 31.9 Å². The van der Waals surface area contributed by atoms with Crippen molar-refractivity contribution in [1.82, 2.24) is 19.5 Å². The zero-order valence-electron chi connectivity index (χ0n) is 14.1. The predicted octanol–water partition coefficient (Wildman–Crippen LogP) is 2.84. The summed E-state index contributed by atoms with van der Waals surface area (Å²) in [6.45, 7) is 0.225. The molecule has 3 aromatic rings. The van der Waals surface area contributed by atoms with Crippen molar-refractivity contribution in [2.45, 2.75) is 24.9 Å². The van der Waals surface area contributed by atoms with E-state index in [1.807, 2.05) is 0 Å². The molecule has 2 aromatic heterocycles. The molecule has 4 rings (SSSR count). The van der Waals surface area contributed by atoms with Gasteiger partial charge in [-0.15, -0.1) is 0 Å². The summed E-state index contributed by atoms with van der Waals surface area (Å²) in [5.41, 5.74) is 6.72. The average molecular weight is 397 g/mol. The molecule has 0 spiro atoms. The Balaban J connectivity index is 1.76. The number of imidazole rings is 1. The fourth-order valence-electron chi connectivity index (χ4n) is 3.16. The van der Waals surface area contributed by atoms with Gasteiger partial charge < -0.3 is 15.2 Å². The number of halogens is 4. The van der Waals surface area contributed by atoms with Gasteiger partial charge in [0.25, 0.3) is 5.92 Å². The Labute approximate surface area is 157 Å². The molecule has 0 unspecified atom stereocenters. The summed E-state index contributed by atoms with van der Waals surface area (Å²) in [6.07, 6.45) is 2.55. The summed E-state index contributed by atoms with van der Waals surface area (Å²) in [5.74, 6) is -2.47. The van der Waals surface area contributed by atoms with Gasteiger partial charge in [0.15, 0.2) is 0 Å². The minimum absolute atomic E-state index is 0.0553. The van der Waals surface area contributed by atoms with E-state index < -0.39 is 17.8 Å². The van der Waals surface area contributed by atoms with Crippen molar-refractivity contribution in [2.24, 2.45) is 5.73 Å². The molecule has 1 aromatic carbocycles. The number of benzene rings is 1. The molecular formula is C17H16ClF3N6. The first-order valence-electron chi connectivity index (χ1n) is 8.34. The van der Waals surface area contributed by atoms with E-state index in [0.29, 0.717) is 27.8 Å². The predicted molar refractivity (Wildman–Crippen MR) is 95.6 cm³/mol. The van der Waals surface area contributed by atoms with Crippen LogP contribution in [-0.2, 0) is 6.54 Å². The number of nitrogens with two attached hydrogens (primary N) is 1. The lowest BCUT2D eigenvalue weighted by molar-refractivity contribution is -0.0395. The maximum Gasteiger partial charge on any atom is 0.266 e. The molecule has 0 aliphatic carbocycles. The minimum Gasteiger partial charge on any atom is -0.340 e. The van der Waals surface area contributed by atoms with Gasteiger partial charge in [0.2, 0.25) is 5.95 Å². The number of hydrogen-bond acceptors (Lipinski definition) is 5. The summed E-state index contributed by atoms with van der Waals surface area (Å²) >= 11 is 5.82. The summed E-state index contributed by atoms with van der Waals surface area (Å²) in [5, 5.41) is 0.393. The summed E-state index contributed by atoms with van der Waals surface area (Å²) < 4.78 is 43.0. The third kappa shape index (κ3) is 3.44. The fraction of sp³-hybridized carbons (Fsp3) is 0.353. The van der Waals surface area contributed by atoms with E-state index in [2.05, 4.69) is 15.0 Å². The molecule has 142 valence electrons. The highest BCUT2D eigenvalue weighted by Gasteiger charge is 2.42. The molecule has 3 heterocycles. The van der Waals surface area contributed by atoms with Crippen molar-refractivity contribution in [2.75, 3.05) is 18.0 Å². The summed E-state index contributed by atoms with van der Waals surface area (Å²) in [7, 11) is 0. The van der Waals surface area contributed by atoms with Crippen LogP contribution in [0.2, 0.25) is 5.02 Å². The number of fused-ring (bicyclic) bond motifs is 1. The standard InChI is InChI=1S/C17H16ClF3N6/c18-10-6-23-15(24-7-10)9-27-13-5-11(19)1-2-12(13)25-16(27)26-4-3-17(20,21)14(22)8-26/h1-2,5-7,14H,3-4,8-9,22H2/t14-/m1/s1. The van der Waals surface area contributed by atoms with Crippen LogP contribution in [0.15, 0.2) is 30.6 Å². The van der Waals surface area contributed by atoms with Gasteiger partial charge in [-0.3, -0.25) is 0 Å². The third-order valence-corrected chi connectivity index (χ3v) is 4.82. The first kappa shape index (κ1) is 18.0. The lowest BCUT2D eigenvalue weighted by Gasteiger charge is -2.37. The molecule has 1 aliphatic heterocycles. The Morgan fingerprint density at radius 3 is 2.70 bits per heavy atom. The van der Waals surface area contributed by atoms with Gasteiger partial charge in [-0.25, -0.2) is 28.1 Å². The Hall–Kier alpha value is -2.39. The first-order valence-corrected chi connectivity index (χ1v) is 8.72. The maximum atomic E-state index is 13.8. The molecule has 0 radical (unpaired) electrons. The summed E-state index contributed by atoms with van der Waals surface area (Å²) in [4.78, 5) is 14.5. The van der Waals surface area contributed by atoms with Crippen molar-refractivity contribution < 1.29 is 13.2 Å². The average Bonchev–Trinajstić information content (AvgIpc) is 2.97. The van der Waals surface area contributed by atoms with Crippen molar-refractivity contribution in [3.8, 4) is 0 Å². The Kier molecular flexibility index (Phi) is 4.43. The number of alkyl halides is 2. The largest absolute Gasteiger partial charge is 0.340 e. The van der Waals surface area contributed by atoms with Gasteiger partial charge in [0.05, 0.1) is 28.6 Å². The van der Waals surface area contributed by atoms with E-state index in [0.717, 1.165) is 0 Å². The normalized spacial score (nSPS) is 19.6. The molecule has 10 heteroatoms. The second-order valence-corrected chi connectivity index (χ2v) is 6.95. The summed E-state index contributed by atoms with van der Waals surface area (Å²) in [6, 6.07) is 2.90. The Morgan fingerprint density at radius 2 is 2.00 bits per heavy atom. The molecule has 27 heavy (non-hydrogen) atoms. The maximum absolute atomic E-state index is 13.8. The van der Waals surface area contributed by atoms with E-state index in [-0.39, 0.29) is 26.1 Å². The van der Waals surface area contributed by atoms with Crippen LogP contribution in [0.4, 0.5) is 19.1 Å². The molecule has 1 aliphatic rings. The van der Waals surface area contributed by atoms with Crippen LogP contribution in [0.3, 0.4) is 0 Å². The molecule has 1 saturated heterocycles. The number of rotatable bonds is 3. The third-order valence-electron chi connectivity index (χ3n) is 4.62. The smallest absolute Gasteiger partial charge is 0.266 e. The molecular weight excluding hydrogens is 381 g/mol. The van der Waals surface area contributed by atoms with Gasteiger partial charge >= 0.3 is 0 Å². The molecule has 2 N–H and O–H groups in total. The lowest BCUT2D eigenvalue weighted by atomic mass is 10.0. The molecule has 0 saturated carbocycles. The second-order valence-electron chi connectivity index (χ2n) is 6.51. The molecule has 0 bridgehead atoms. The van der Waals surface area contributed by atoms with Crippen LogP contribution in [0, 0.1) is 5.82 Å². The number of aromatic nitrogens is 4. The Bertz CT molecular complexity index is 975. The zero-order valence-corrected chi connectivity index (χ0v) is 14.9. The van der Waals surface area contributed by atoms with Gasteiger partial charge in [-0.05, 0) is 18.2 Å². The topological polar surface area (TPSA) is 72.9 Å². The lowest BCUT2D eigenvalue weighted by Crippen LogP contribution is -2.55. The van der Waals surface area contributed by atoms with Crippen molar-refractivity contribution in [3.63, 3.8) is 0 Å². The minimum atomic E-state index is -2.92.